The summed E-state index contributed by atoms with van der Waals surface area (Å²) in [5.74, 6) is 1.54. The second-order valence-electron chi connectivity index (χ2n) is 8.50. The third kappa shape index (κ3) is 3.54. The van der Waals surface area contributed by atoms with Gasteiger partial charge in [-0.3, -0.25) is 9.59 Å². The first-order valence-corrected chi connectivity index (χ1v) is 11.0. The van der Waals surface area contributed by atoms with Gasteiger partial charge in [0.2, 0.25) is 5.91 Å². The number of nitrogens with zero attached hydrogens (tertiary/aromatic N) is 3. The second-order valence-corrected chi connectivity index (χ2v) is 8.50. The molecule has 2 amide bonds. The maximum Gasteiger partial charge on any atom is 0.260 e. The summed E-state index contributed by atoms with van der Waals surface area (Å²) < 4.78 is 11.1. The maximum atomic E-state index is 12.9. The van der Waals surface area contributed by atoms with Crippen molar-refractivity contribution in [3.63, 3.8) is 0 Å². The molecule has 2 aromatic carbocycles. The van der Waals surface area contributed by atoms with Gasteiger partial charge in [-0.05, 0) is 37.1 Å². The Bertz CT molecular complexity index is 1020. The number of rotatable bonds is 5. The van der Waals surface area contributed by atoms with Crippen molar-refractivity contribution >= 4 is 17.5 Å². The molecule has 2 saturated heterocycles. The first-order valence-electron chi connectivity index (χ1n) is 11.0. The quantitative estimate of drug-likeness (QED) is 0.772. The van der Waals surface area contributed by atoms with Gasteiger partial charge in [0.05, 0.1) is 19.3 Å². The lowest BCUT2D eigenvalue weighted by Crippen LogP contribution is -2.57. The van der Waals surface area contributed by atoms with E-state index < -0.39 is 5.54 Å². The number of likely N-dealkylation sites (tertiary alicyclic amines) is 1. The summed E-state index contributed by atoms with van der Waals surface area (Å²) in [5, 5.41) is 3.04. The number of benzene rings is 2. The van der Waals surface area contributed by atoms with Crippen LogP contribution >= 0.6 is 0 Å². The van der Waals surface area contributed by atoms with Crippen LogP contribution in [0.2, 0.25) is 0 Å². The first-order chi connectivity index (χ1) is 15.6. The molecule has 32 heavy (non-hydrogen) atoms. The van der Waals surface area contributed by atoms with E-state index in [1.807, 2.05) is 42.5 Å². The van der Waals surface area contributed by atoms with Crippen molar-refractivity contribution in [3.8, 4) is 11.5 Å². The average Bonchev–Trinajstić information content (AvgIpc) is 3.15. The molecule has 0 aromatic heterocycles. The SMILES string of the molecule is COc1cccc(N2CNC(=O)C23CCN(CCN2COc4ccccc4C2=O)CC3)c1. The Morgan fingerprint density at radius 2 is 1.88 bits per heavy atom. The Kier molecular flexibility index (Phi) is 5.38. The van der Waals surface area contributed by atoms with Gasteiger partial charge in [-0.1, -0.05) is 18.2 Å². The van der Waals surface area contributed by atoms with E-state index in [1.165, 1.54) is 0 Å². The van der Waals surface area contributed by atoms with Gasteiger partial charge >= 0.3 is 0 Å². The zero-order chi connectivity index (χ0) is 22.1. The smallest absolute Gasteiger partial charge is 0.260 e. The van der Waals surface area contributed by atoms with Crippen molar-refractivity contribution in [2.75, 3.05) is 51.6 Å². The first kappa shape index (κ1) is 20.6. The van der Waals surface area contributed by atoms with Crippen LogP contribution in [0.15, 0.2) is 48.5 Å². The Hall–Kier alpha value is -3.26. The Labute approximate surface area is 187 Å². The molecule has 0 bridgehead atoms. The van der Waals surface area contributed by atoms with Crippen molar-refractivity contribution in [2.24, 2.45) is 0 Å². The highest BCUT2D eigenvalue weighted by Crippen LogP contribution is 2.37. The molecule has 8 heteroatoms. The summed E-state index contributed by atoms with van der Waals surface area (Å²) in [6.45, 7) is 3.74. The van der Waals surface area contributed by atoms with Crippen LogP contribution in [0.5, 0.6) is 11.5 Å². The molecule has 1 N–H and O–H groups in total. The van der Waals surface area contributed by atoms with E-state index >= 15 is 0 Å². The lowest BCUT2D eigenvalue weighted by molar-refractivity contribution is -0.125. The summed E-state index contributed by atoms with van der Waals surface area (Å²) in [4.78, 5) is 31.9. The Morgan fingerprint density at radius 3 is 2.69 bits per heavy atom. The van der Waals surface area contributed by atoms with Gasteiger partial charge < -0.3 is 29.5 Å². The largest absolute Gasteiger partial charge is 0.497 e. The highest BCUT2D eigenvalue weighted by molar-refractivity contribution is 5.97. The fourth-order valence-corrected chi connectivity index (χ4v) is 4.92. The Balaban J connectivity index is 1.22. The van der Waals surface area contributed by atoms with Crippen LogP contribution in [0.1, 0.15) is 23.2 Å². The number of amides is 2. The van der Waals surface area contributed by atoms with Crippen LogP contribution < -0.4 is 19.7 Å². The molecule has 0 saturated carbocycles. The van der Waals surface area contributed by atoms with E-state index in [9.17, 15) is 9.59 Å². The predicted octanol–water partition coefficient (Wildman–Crippen LogP) is 1.92. The van der Waals surface area contributed by atoms with Crippen LogP contribution in [0, 0.1) is 0 Å². The molecule has 5 rings (SSSR count). The summed E-state index contributed by atoms with van der Waals surface area (Å²) >= 11 is 0. The van der Waals surface area contributed by atoms with Crippen molar-refractivity contribution in [1.82, 2.24) is 15.1 Å². The Morgan fingerprint density at radius 1 is 1.06 bits per heavy atom. The molecule has 168 valence electrons. The number of hydrogen-bond acceptors (Lipinski definition) is 6. The number of nitrogens with one attached hydrogen (secondary N) is 1. The number of fused-ring (bicyclic) bond motifs is 1. The fraction of sp³-hybridized carbons (Fsp3) is 0.417. The number of para-hydroxylation sites is 1. The van der Waals surface area contributed by atoms with E-state index in [1.54, 1.807) is 18.1 Å². The van der Waals surface area contributed by atoms with Crippen molar-refractivity contribution < 1.29 is 19.1 Å². The molecule has 2 aromatic rings. The molecule has 1 spiro atoms. The molecule has 0 radical (unpaired) electrons. The van der Waals surface area contributed by atoms with Crippen LogP contribution in [0.25, 0.3) is 0 Å². The molecule has 0 unspecified atom stereocenters. The highest BCUT2D eigenvalue weighted by Gasteiger charge is 2.50. The van der Waals surface area contributed by atoms with Gasteiger partial charge in [-0.15, -0.1) is 0 Å². The van der Waals surface area contributed by atoms with Gasteiger partial charge in [0.15, 0.2) is 6.73 Å². The molecule has 3 heterocycles. The fourth-order valence-electron chi connectivity index (χ4n) is 4.92. The number of anilines is 1. The normalized spacial score (nSPS) is 20.2. The van der Waals surface area contributed by atoms with E-state index in [4.69, 9.17) is 9.47 Å². The minimum atomic E-state index is -0.536. The zero-order valence-corrected chi connectivity index (χ0v) is 18.3. The molecule has 3 aliphatic heterocycles. The molecule has 8 nitrogen and oxygen atoms in total. The van der Waals surface area contributed by atoms with Gasteiger partial charge in [-0.2, -0.15) is 0 Å². The number of ether oxygens (including phenoxy) is 2. The van der Waals surface area contributed by atoms with Crippen LogP contribution in [0.3, 0.4) is 0 Å². The van der Waals surface area contributed by atoms with E-state index in [0.717, 1.165) is 43.9 Å². The van der Waals surface area contributed by atoms with Gasteiger partial charge in [0, 0.05) is 37.9 Å². The van der Waals surface area contributed by atoms with Crippen LogP contribution in [-0.4, -0.2) is 73.8 Å². The summed E-state index contributed by atoms with van der Waals surface area (Å²) in [7, 11) is 1.65. The maximum absolute atomic E-state index is 12.9. The topological polar surface area (TPSA) is 74.3 Å². The summed E-state index contributed by atoms with van der Waals surface area (Å²) in [5.41, 5.74) is 1.07. The number of piperidine rings is 1. The minimum absolute atomic E-state index is 0.0136. The number of carbonyl (C=O) groups excluding carboxylic acids is 2. The van der Waals surface area contributed by atoms with Crippen LogP contribution in [-0.2, 0) is 4.79 Å². The molecule has 0 aliphatic carbocycles. The molecular formula is C24H28N4O4. The molecule has 2 fully saturated rings. The van der Waals surface area contributed by atoms with Crippen molar-refractivity contribution in [3.05, 3.63) is 54.1 Å². The third-order valence-corrected chi connectivity index (χ3v) is 6.85. The van der Waals surface area contributed by atoms with Gasteiger partial charge in [-0.25, -0.2) is 0 Å². The monoisotopic (exact) mass is 436 g/mol. The minimum Gasteiger partial charge on any atom is -0.497 e. The second kappa shape index (κ2) is 8.35. The number of carbonyl (C=O) groups is 2. The average molecular weight is 437 g/mol. The lowest BCUT2D eigenvalue weighted by Gasteiger charge is -2.43. The van der Waals surface area contributed by atoms with Gasteiger partial charge in [0.25, 0.3) is 5.91 Å². The number of hydrogen-bond donors (Lipinski definition) is 1. The molecule has 0 atom stereocenters. The predicted molar refractivity (Wildman–Crippen MR) is 120 cm³/mol. The number of methoxy groups -OCH3 is 1. The molecule has 3 aliphatic rings. The zero-order valence-electron chi connectivity index (χ0n) is 18.3. The highest BCUT2D eigenvalue weighted by atomic mass is 16.5. The van der Waals surface area contributed by atoms with Crippen molar-refractivity contribution in [2.45, 2.75) is 18.4 Å². The molecular weight excluding hydrogens is 408 g/mol. The summed E-state index contributed by atoms with van der Waals surface area (Å²) in [6, 6.07) is 15.2. The van der Waals surface area contributed by atoms with E-state index in [-0.39, 0.29) is 18.5 Å². The van der Waals surface area contributed by atoms with Crippen molar-refractivity contribution in [1.29, 1.82) is 0 Å². The van der Waals surface area contributed by atoms with E-state index in [2.05, 4.69) is 15.1 Å². The van der Waals surface area contributed by atoms with Crippen LogP contribution in [0.4, 0.5) is 5.69 Å². The third-order valence-electron chi connectivity index (χ3n) is 6.85. The van der Waals surface area contributed by atoms with Gasteiger partial charge in [0.1, 0.15) is 17.0 Å². The summed E-state index contributed by atoms with van der Waals surface area (Å²) in [6.07, 6.45) is 1.48. The van der Waals surface area contributed by atoms with E-state index in [0.29, 0.717) is 24.5 Å². The standard InChI is InChI=1S/C24H28N4O4/c1-31-19-6-4-5-18(15-19)28-16-25-23(30)24(28)9-11-26(12-10-24)13-14-27-17-32-21-8-3-2-7-20(21)22(27)29/h2-8,15H,9-14,16-17H2,1H3,(H,25,30). The lowest BCUT2D eigenvalue weighted by atomic mass is 9.85.